The number of halogens is 1. The molecule has 5 heteroatoms. The number of carbonyl (C=O) groups is 1. The van der Waals surface area contributed by atoms with Gasteiger partial charge < -0.3 is 9.84 Å². The van der Waals surface area contributed by atoms with Crippen molar-refractivity contribution in [1.82, 2.24) is 0 Å². The van der Waals surface area contributed by atoms with Crippen molar-refractivity contribution in [3.8, 4) is 11.8 Å². The molecule has 1 N–H and O–H groups in total. The highest BCUT2D eigenvalue weighted by Crippen LogP contribution is 2.27. The second kappa shape index (κ2) is 5.38. The van der Waals surface area contributed by atoms with Gasteiger partial charge in [0.1, 0.15) is 11.3 Å². The van der Waals surface area contributed by atoms with E-state index in [1.165, 1.54) is 12.1 Å². The number of alkyl halides is 1. The van der Waals surface area contributed by atoms with Gasteiger partial charge in [0.15, 0.2) is 0 Å². The Bertz CT molecular complexity index is 451. The fourth-order valence-corrected chi connectivity index (χ4v) is 1.52. The molecule has 0 bridgehead atoms. The Morgan fingerprint density at radius 2 is 2.31 bits per heavy atom. The molecule has 1 aromatic rings. The molecule has 0 aliphatic carbocycles. The molecule has 0 aliphatic rings. The van der Waals surface area contributed by atoms with Gasteiger partial charge in [0.05, 0.1) is 24.1 Å². The second-order valence-corrected chi connectivity index (χ2v) is 3.22. The fourth-order valence-electron chi connectivity index (χ4n) is 1.25. The molecule has 0 heterocycles. The van der Waals surface area contributed by atoms with Crippen LogP contribution >= 0.6 is 11.6 Å². The van der Waals surface area contributed by atoms with Crippen LogP contribution in [0.25, 0.3) is 0 Å². The van der Waals surface area contributed by atoms with Crippen LogP contribution in [0.1, 0.15) is 28.4 Å². The zero-order valence-corrected chi connectivity index (χ0v) is 9.41. The monoisotopic (exact) mass is 239 g/mol. The van der Waals surface area contributed by atoms with Gasteiger partial charge in [0, 0.05) is 5.56 Å². The van der Waals surface area contributed by atoms with Gasteiger partial charge in [-0.1, -0.05) is 0 Å². The molecular formula is C11H10ClNO3. The maximum atomic E-state index is 11.4. The second-order valence-electron chi connectivity index (χ2n) is 2.95. The predicted octanol–water partition coefficient (Wildman–Crippen LogP) is 2.18. The molecule has 0 aromatic heterocycles. The minimum absolute atomic E-state index is 0.0245. The van der Waals surface area contributed by atoms with E-state index in [0.717, 1.165) is 0 Å². The van der Waals surface area contributed by atoms with E-state index >= 15 is 0 Å². The summed E-state index contributed by atoms with van der Waals surface area (Å²) in [4.78, 5) is 11.4. The number of carbonyl (C=O) groups excluding carboxylic acids is 1. The molecule has 0 spiro atoms. The first kappa shape index (κ1) is 12.3. The van der Waals surface area contributed by atoms with Gasteiger partial charge in [-0.2, -0.15) is 5.26 Å². The Morgan fingerprint density at radius 3 is 2.81 bits per heavy atom. The van der Waals surface area contributed by atoms with Crippen LogP contribution in [0.2, 0.25) is 0 Å². The average molecular weight is 240 g/mol. The van der Waals surface area contributed by atoms with Crippen LogP contribution in [-0.2, 0) is 10.6 Å². The number of rotatable bonds is 3. The molecule has 4 nitrogen and oxygen atoms in total. The van der Waals surface area contributed by atoms with Crippen molar-refractivity contribution in [2.75, 3.05) is 6.61 Å². The summed E-state index contributed by atoms with van der Waals surface area (Å²) < 4.78 is 4.76. The number of nitrogens with zero attached hydrogens (tertiary/aromatic N) is 1. The normalized spacial score (nSPS) is 9.56. The van der Waals surface area contributed by atoms with Crippen LogP contribution in [0, 0.1) is 11.3 Å². The van der Waals surface area contributed by atoms with E-state index in [9.17, 15) is 9.90 Å². The molecule has 0 fully saturated rings. The van der Waals surface area contributed by atoms with Crippen molar-refractivity contribution in [2.45, 2.75) is 12.8 Å². The van der Waals surface area contributed by atoms with Crippen LogP contribution in [0.3, 0.4) is 0 Å². The smallest absolute Gasteiger partial charge is 0.341 e. The van der Waals surface area contributed by atoms with Gasteiger partial charge in [-0.25, -0.2) is 4.79 Å². The van der Waals surface area contributed by atoms with Crippen molar-refractivity contribution in [1.29, 1.82) is 5.26 Å². The van der Waals surface area contributed by atoms with Crippen LogP contribution in [-0.4, -0.2) is 17.7 Å². The third-order valence-corrected chi connectivity index (χ3v) is 2.30. The first-order chi connectivity index (χ1) is 7.65. The van der Waals surface area contributed by atoms with Gasteiger partial charge in [0.25, 0.3) is 0 Å². The molecule has 84 valence electrons. The number of aromatic hydroxyl groups is 1. The fraction of sp³-hybridized carbons (Fsp3) is 0.273. The van der Waals surface area contributed by atoms with Crippen LogP contribution in [0.4, 0.5) is 0 Å². The summed E-state index contributed by atoms with van der Waals surface area (Å²) in [6, 6.07) is 4.67. The Balaban J connectivity index is 3.25. The minimum Gasteiger partial charge on any atom is -0.507 e. The zero-order valence-electron chi connectivity index (χ0n) is 8.66. The number of benzene rings is 1. The third-order valence-electron chi connectivity index (χ3n) is 2.03. The van der Waals surface area contributed by atoms with Crippen molar-refractivity contribution < 1.29 is 14.6 Å². The SMILES string of the molecule is CCOC(=O)c1ccc(C#N)c(CCl)c1O. The molecule has 0 amide bonds. The topological polar surface area (TPSA) is 70.3 Å². The minimum atomic E-state index is -0.629. The van der Waals surface area contributed by atoms with Gasteiger partial charge in [0.2, 0.25) is 0 Å². The summed E-state index contributed by atoms with van der Waals surface area (Å²) in [7, 11) is 0. The highest BCUT2D eigenvalue weighted by Gasteiger charge is 2.17. The largest absolute Gasteiger partial charge is 0.507 e. The zero-order chi connectivity index (χ0) is 12.1. The number of esters is 1. The molecule has 0 saturated carbocycles. The maximum absolute atomic E-state index is 11.4. The Kier molecular flexibility index (Phi) is 4.15. The lowest BCUT2D eigenvalue weighted by atomic mass is 10.0. The van der Waals surface area contributed by atoms with E-state index in [1.54, 1.807) is 6.92 Å². The standard InChI is InChI=1S/C11H10ClNO3/c1-2-16-11(15)8-4-3-7(6-13)9(5-12)10(8)14/h3-4,14H,2,5H2,1H3. The number of phenolic OH excluding ortho intramolecular Hbond substituents is 1. The summed E-state index contributed by atoms with van der Waals surface area (Å²) in [5.74, 6) is -0.953. The molecule has 16 heavy (non-hydrogen) atoms. The number of ether oxygens (including phenoxy) is 1. The van der Waals surface area contributed by atoms with Crippen LogP contribution < -0.4 is 0 Å². The summed E-state index contributed by atoms with van der Waals surface area (Å²) in [6.07, 6.45) is 0. The Labute approximate surface area is 98.0 Å². The van der Waals surface area contributed by atoms with Crippen LogP contribution in [0.15, 0.2) is 12.1 Å². The van der Waals surface area contributed by atoms with E-state index in [2.05, 4.69) is 0 Å². The van der Waals surface area contributed by atoms with Gasteiger partial charge in [-0.3, -0.25) is 0 Å². The molecule has 0 atom stereocenters. The molecule has 0 unspecified atom stereocenters. The number of nitriles is 1. The molecular weight excluding hydrogens is 230 g/mol. The van der Waals surface area contributed by atoms with E-state index in [4.69, 9.17) is 21.6 Å². The van der Waals surface area contributed by atoms with E-state index in [1.807, 2.05) is 6.07 Å². The van der Waals surface area contributed by atoms with Gasteiger partial charge >= 0.3 is 5.97 Å². The lowest BCUT2D eigenvalue weighted by Crippen LogP contribution is -2.06. The predicted molar refractivity (Wildman–Crippen MR) is 58.3 cm³/mol. The highest BCUT2D eigenvalue weighted by atomic mass is 35.5. The van der Waals surface area contributed by atoms with Crippen molar-refractivity contribution in [3.63, 3.8) is 0 Å². The lowest BCUT2D eigenvalue weighted by Gasteiger charge is -2.08. The summed E-state index contributed by atoms with van der Waals surface area (Å²) in [5.41, 5.74) is 0.520. The summed E-state index contributed by atoms with van der Waals surface area (Å²) in [5, 5.41) is 18.5. The maximum Gasteiger partial charge on any atom is 0.341 e. The summed E-state index contributed by atoms with van der Waals surface area (Å²) in [6.45, 7) is 1.88. The van der Waals surface area contributed by atoms with Crippen molar-refractivity contribution in [3.05, 3.63) is 28.8 Å². The first-order valence-electron chi connectivity index (χ1n) is 4.63. The number of hydrogen-bond donors (Lipinski definition) is 1. The lowest BCUT2D eigenvalue weighted by molar-refractivity contribution is 0.0523. The molecule has 1 rings (SSSR count). The Morgan fingerprint density at radius 1 is 1.62 bits per heavy atom. The third kappa shape index (κ3) is 2.26. The first-order valence-corrected chi connectivity index (χ1v) is 5.17. The average Bonchev–Trinajstić information content (AvgIpc) is 2.28. The molecule has 1 aromatic carbocycles. The quantitative estimate of drug-likeness (QED) is 0.648. The number of phenols is 1. The van der Waals surface area contributed by atoms with Gasteiger partial charge in [-0.05, 0) is 19.1 Å². The molecule has 0 aliphatic heterocycles. The molecule has 0 saturated heterocycles. The van der Waals surface area contributed by atoms with Crippen molar-refractivity contribution in [2.24, 2.45) is 0 Å². The number of hydrogen-bond acceptors (Lipinski definition) is 4. The van der Waals surface area contributed by atoms with Crippen LogP contribution in [0.5, 0.6) is 5.75 Å². The van der Waals surface area contributed by atoms with Crippen molar-refractivity contribution >= 4 is 17.6 Å². The van der Waals surface area contributed by atoms with Gasteiger partial charge in [-0.15, -0.1) is 11.6 Å². The summed E-state index contributed by atoms with van der Waals surface area (Å²) >= 11 is 5.61. The molecule has 0 radical (unpaired) electrons. The van der Waals surface area contributed by atoms with E-state index in [-0.39, 0.29) is 34.9 Å². The Hall–Kier alpha value is -1.73. The highest BCUT2D eigenvalue weighted by molar-refractivity contribution is 6.17. The van der Waals surface area contributed by atoms with E-state index in [0.29, 0.717) is 0 Å². The van der Waals surface area contributed by atoms with E-state index < -0.39 is 5.97 Å².